The smallest absolute Gasteiger partial charge is 0.147 e. The van der Waals surface area contributed by atoms with Crippen molar-refractivity contribution in [3.05, 3.63) is 35.9 Å². The first kappa shape index (κ1) is 14.2. The lowest BCUT2D eigenvalue weighted by Gasteiger charge is -2.21. The molecule has 0 aliphatic heterocycles. The van der Waals surface area contributed by atoms with Gasteiger partial charge in [0, 0.05) is 6.61 Å². The summed E-state index contributed by atoms with van der Waals surface area (Å²) < 4.78 is 10.9. The molecule has 0 radical (unpaired) electrons. The zero-order valence-electron chi connectivity index (χ0n) is 11.2. The van der Waals surface area contributed by atoms with Crippen molar-refractivity contribution in [2.24, 2.45) is 5.41 Å². The summed E-state index contributed by atoms with van der Waals surface area (Å²) in [4.78, 5) is 0. The van der Waals surface area contributed by atoms with Gasteiger partial charge in [-0.15, -0.1) is 0 Å². The Balaban J connectivity index is 2.02. The summed E-state index contributed by atoms with van der Waals surface area (Å²) in [6.45, 7) is 8.52. The van der Waals surface area contributed by atoms with Gasteiger partial charge in [-0.05, 0) is 17.4 Å². The van der Waals surface area contributed by atoms with Crippen LogP contribution in [-0.2, 0) is 16.1 Å². The summed E-state index contributed by atoms with van der Waals surface area (Å²) in [7, 11) is 0. The summed E-state index contributed by atoms with van der Waals surface area (Å²) in [5.74, 6) is 0. The van der Waals surface area contributed by atoms with Crippen molar-refractivity contribution in [2.45, 2.75) is 40.2 Å². The van der Waals surface area contributed by atoms with Crippen molar-refractivity contribution in [3.8, 4) is 0 Å². The van der Waals surface area contributed by atoms with Gasteiger partial charge in [0.05, 0.1) is 6.61 Å². The van der Waals surface area contributed by atoms with Gasteiger partial charge in [0.2, 0.25) is 0 Å². The second-order valence-electron chi connectivity index (χ2n) is 5.13. The Morgan fingerprint density at radius 3 is 2.41 bits per heavy atom. The quantitative estimate of drug-likeness (QED) is 0.501. The Kier molecular flexibility index (Phi) is 6.23. The van der Waals surface area contributed by atoms with Gasteiger partial charge in [0.25, 0.3) is 0 Å². The van der Waals surface area contributed by atoms with Crippen molar-refractivity contribution >= 4 is 0 Å². The van der Waals surface area contributed by atoms with Gasteiger partial charge in [-0.2, -0.15) is 0 Å². The molecular formula is C15H24O2. The maximum atomic E-state index is 5.47. The molecule has 0 amide bonds. The normalized spacial score (nSPS) is 11.7. The van der Waals surface area contributed by atoms with Crippen LogP contribution in [0.2, 0.25) is 0 Å². The third-order valence-electron chi connectivity index (χ3n) is 3.16. The Morgan fingerprint density at radius 2 is 1.76 bits per heavy atom. The van der Waals surface area contributed by atoms with E-state index < -0.39 is 0 Å². The van der Waals surface area contributed by atoms with Crippen LogP contribution < -0.4 is 0 Å². The van der Waals surface area contributed by atoms with E-state index >= 15 is 0 Å². The number of benzene rings is 1. The molecule has 1 rings (SSSR count). The first-order valence-corrected chi connectivity index (χ1v) is 6.33. The van der Waals surface area contributed by atoms with Crippen LogP contribution in [0.5, 0.6) is 0 Å². The van der Waals surface area contributed by atoms with E-state index in [-0.39, 0.29) is 0 Å². The molecule has 96 valence electrons. The summed E-state index contributed by atoms with van der Waals surface area (Å²) in [5, 5.41) is 0. The minimum absolute atomic E-state index is 0.374. The molecule has 0 aliphatic rings. The minimum Gasteiger partial charge on any atom is -0.355 e. The van der Waals surface area contributed by atoms with E-state index in [0.717, 1.165) is 13.0 Å². The molecule has 0 bridgehead atoms. The minimum atomic E-state index is 0.374. The average Bonchev–Trinajstić information content (AvgIpc) is 2.35. The van der Waals surface area contributed by atoms with Crippen LogP contribution in [0.4, 0.5) is 0 Å². The Labute approximate surface area is 105 Å². The van der Waals surface area contributed by atoms with E-state index in [4.69, 9.17) is 9.47 Å². The lowest BCUT2D eigenvalue weighted by molar-refractivity contribution is -0.0675. The summed E-state index contributed by atoms with van der Waals surface area (Å²) in [6, 6.07) is 10.2. The van der Waals surface area contributed by atoms with E-state index in [9.17, 15) is 0 Å². The molecule has 2 heteroatoms. The fourth-order valence-electron chi connectivity index (χ4n) is 1.38. The predicted octanol–water partition coefficient (Wildman–Crippen LogP) is 4.00. The molecule has 17 heavy (non-hydrogen) atoms. The molecule has 0 saturated heterocycles. The van der Waals surface area contributed by atoms with Crippen molar-refractivity contribution in [1.29, 1.82) is 0 Å². The molecule has 1 aromatic rings. The zero-order valence-corrected chi connectivity index (χ0v) is 11.2. The SMILES string of the molecule is CCC(C)(C)CCOCOCc1ccccc1. The second-order valence-corrected chi connectivity index (χ2v) is 5.13. The van der Waals surface area contributed by atoms with Crippen LogP contribution in [0.3, 0.4) is 0 Å². The van der Waals surface area contributed by atoms with Crippen molar-refractivity contribution in [1.82, 2.24) is 0 Å². The van der Waals surface area contributed by atoms with Crippen LogP contribution in [0, 0.1) is 5.41 Å². The molecule has 2 nitrogen and oxygen atoms in total. The van der Waals surface area contributed by atoms with Crippen LogP contribution >= 0.6 is 0 Å². The van der Waals surface area contributed by atoms with Gasteiger partial charge in [-0.3, -0.25) is 0 Å². The third kappa shape index (κ3) is 6.44. The zero-order chi connectivity index (χ0) is 12.6. The standard InChI is InChI=1S/C15H24O2/c1-4-15(2,3)10-11-16-13-17-12-14-8-6-5-7-9-14/h5-9H,4,10-13H2,1-3H3. The van der Waals surface area contributed by atoms with E-state index in [1.54, 1.807) is 0 Å². The number of rotatable bonds is 8. The van der Waals surface area contributed by atoms with Crippen LogP contribution in [-0.4, -0.2) is 13.4 Å². The summed E-state index contributed by atoms with van der Waals surface area (Å²) >= 11 is 0. The maximum absolute atomic E-state index is 5.47. The van der Waals surface area contributed by atoms with Gasteiger partial charge < -0.3 is 9.47 Å². The Bertz CT molecular complexity index is 293. The van der Waals surface area contributed by atoms with Crippen LogP contribution in [0.1, 0.15) is 39.2 Å². The lowest BCUT2D eigenvalue weighted by Crippen LogP contribution is -2.14. The third-order valence-corrected chi connectivity index (χ3v) is 3.16. The topological polar surface area (TPSA) is 18.5 Å². The highest BCUT2D eigenvalue weighted by molar-refractivity contribution is 5.13. The van der Waals surface area contributed by atoms with Crippen molar-refractivity contribution in [3.63, 3.8) is 0 Å². The highest BCUT2D eigenvalue weighted by Crippen LogP contribution is 2.23. The lowest BCUT2D eigenvalue weighted by atomic mass is 9.87. The highest BCUT2D eigenvalue weighted by Gasteiger charge is 2.13. The number of ether oxygens (including phenoxy) is 2. The van der Waals surface area contributed by atoms with E-state index in [1.165, 1.54) is 12.0 Å². The van der Waals surface area contributed by atoms with Crippen LogP contribution in [0.15, 0.2) is 30.3 Å². The second kappa shape index (κ2) is 7.46. The van der Waals surface area contributed by atoms with Crippen LogP contribution in [0.25, 0.3) is 0 Å². The molecule has 0 spiro atoms. The maximum Gasteiger partial charge on any atom is 0.147 e. The fraction of sp³-hybridized carbons (Fsp3) is 0.600. The average molecular weight is 236 g/mol. The molecule has 0 aromatic heterocycles. The van der Waals surface area contributed by atoms with Gasteiger partial charge in [-0.1, -0.05) is 57.5 Å². The Hall–Kier alpha value is -0.860. The molecule has 0 saturated carbocycles. The first-order valence-electron chi connectivity index (χ1n) is 6.33. The molecular weight excluding hydrogens is 212 g/mol. The summed E-state index contributed by atoms with van der Waals surface area (Å²) in [5.41, 5.74) is 1.56. The first-order chi connectivity index (χ1) is 8.14. The molecule has 0 fully saturated rings. The molecule has 1 aromatic carbocycles. The van der Waals surface area contributed by atoms with Gasteiger partial charge in [-0.25, -0.2) is 0 Å². The van der Waals surface area contributed by atoms with E-state index in [0.29, 0.717) is 18.8 Å². The Morgan fingerprint density at radius 1 is 1.06 bits per heavy atom. The molecule has 0 atom stereocenters. The largest absolute Gasteiger partial charge is 0.355 e. The number of hydrogen-bond donors (Lipinski definition) is 0. The molecule has 0 unspecified atom stereocenters. The monoisotopic (exact) mass is 236 g/mol. The van der Waals surface area contributed by atoms with Gasteiger partial charge in [0.15, 0.2) is 0 Å². The molecule has 0 heterocycles. The van der Waals surface area contributed by atoms with E-state index in [2.05, 4.69) is 32.9 Å². The van der Waals surface area contributed by atoms with Crippen molar-refractivity contribution < 1.29 is 9.47 Å². The molecule has 0 N–H and O–H groups in total. The predicted molar refractivity (Wildman–Crippen MR) is 70.7 cm³/mol. The van der Waals surface area contributed by atoms with Gasteiger partial charge in [0.1, 0.15) is 6.79 Å². The number of hydrogen-bond acceptors (Lipinski definition) is 2. The van der Waals surface area contributed by atoms with Gasteiger partial charge >= 0.3 is 0 Å². The highest BCUT2D eigenvalue weighted by atomic mass is 16.7. The fourth-order valence-corrected chi connectivity index (χ4v) is 1.38. The van der Waals surface area contributed by atoms with E-state index in [1.807, 2.05) is 18.2 Å². The van der Waals surface area contributed by atoms with Crippen molar-refractivity contribution in [2.75, 3.05) is 13.4 Å². The molecule has 0 aliphatic carbocycles. The summed E-state index contributed by atoms with van der Waals surface area (Å²) in [6.07, 6.45) is 2.26.